The van der Waals surface area contributed by atoms with E-state index in [1.807, 2.05) is 20.8 Å². The fourth-order valence-electron chi connectivity index (χ4n) is 1.20. The number of hydrogen-bond acceptors (Lipinski definition) is 5. The minimum Gasteiger partial charge on any atom is -0.286 e. The first kappa shape index (κ1) is 11.2. The van der Waals surface area contributed by atoms with Crippen molar-refractivity contribution in [3.8, 4) is 0 Å². The quantitative estimate of drug-likeness (QED) is 0.700. The van der Waals surface area contributed by atoms with Gasteiger partial charge in [0.2, 0.25) is 0 Å². The van der Waals surface area contributed by atoms with Crippen LogP contribution in [-0.4, -0.2) is 36.7 Å². The molecule has 0 saturated carbocycles. The van der Waals surface area contributed by atoms with Crippen LogP contribution in [0.15, 0.2) is 6.07 Å². The van der Waals surface area contributed by atoms with Crippen LogP contribution in [0.25, 0.3) is 0 Å². The van der Waals surface area contributed by atoms with Gasteiger partial charge in [0.05, 0.1) is 0 Å². The van der Waals surface area contributed by atoms with Crippen LogP contribution in [0.1, 0.15) is 37.0 Å². The second-order valence-corrected chi connectivity index (χ2v) is 4.61. The Morgan fingerprint density at radius 2 is 2.12 bits per heavy atom. The van der Waals surface area contributed by atoms with Crippen molar-refractivity contribution in [3.63, 3.8) is 0 Å². The molecule has 2 aromatic heterocycles. The molecule has 1 amide bonds. The van der Waals surface area contributed by atoms with Gasteiger partial charge in [-0.2, -0.15) is 10.3 Å². The van der Waals surface area contributed by atoms with Crippen molar-refractivity contribution in [3.05, 3.63) is 17.5 Å². The summed E-state index contributed by atoms with van der Waals surface area (Å²) in [5.74, 6) is -0.256. The molecule has 0 aliphatic heterocycles. The average Bonchev–Trinajstić information content (AvgIpc) is 2.85. The molecule has 0 fully saturated rings. The lowest BCUT2D eigenvalue weighted by atomic mass is 9.92. The van der Waals surface area contributed by atoms with Gasteiger partial charge >= 0.3 is 0 Å². The molecule has 0 aliphatic rings. The number of aromatic amines is 2. The van der Waals surface area contributed by atoms with Gasteiger partial charge < -0.3 is 0 Å². The second kappa shape index (κ2) is 3.96. The maximum Gasteiger partial charge on any atom is 0.278 e. The Balaban J connectivity index is 2.13. The number of H-pyrrole nitrogens is 2. The van der Waals surface area contributed by atoms with Gasteiger partial charge in [-0.15, -0.1) is 5.10 Å². The minimum atomic E-state index is -0.377. The van der Waals surface area contributed by atoms with Gasteiger partial charge in [0.25, 0.3) is 11.9 Å². The van der Waals surface area contributed by atoms with E-state index in [4.69, 9.17) is 0 Å². The van der Waals surface area contributed by atoms with Crippen molar-refractivity contribution < 1.29 is 4.79 Å². The first-order valence-corrected chi connectivity index (χ1v) is 5.07. The summed E-state index contributed by atoms with van der Waals surface area (Å²) >= 11 is 0. The molecule has 2 rings (SSSR count). The highest BCUT2D eigenvalue weighted by Gasteiger charge is 2.19. The Bertz CT molecular complexity index is 508. The van der Waals surface area contributed by atoms with Crippen LogP contribution in [-0.2, 0) is 5.41 Å². The lowest BCUT2D eigenvalue weighted by Gasteiger charge is -2.14. The fraction of sp³-hybridized carbons (Fsp3) is 0.444. The molecule has 0 saturated heterocycles. The van der Waals surface area contributed by atoms with E-state index in [-0.39, 0.29) is 17.3 Å². The van der Waals surface area contributed by atoms with Crippen molar-refractivity contribution in [2.24, 2.45) is 0 Å². The first-order valence-electron chi connectivity index (χ1n) is 5.07. The Morgan fingerprint density at radius 3 is 2.65 bits per heavy atom. The molecular weight excluding hydrogens is 222 g/mol. The van der Waals surface area contributed by atoms with E-state index in [1.54, 1.807) is 6.07 Å². The highest BCUT2D eigenvalue weighted by atomic mass is 16.2. The minimum absolute atomic E-state index is 0.0856. The molecule has 0 aromatic carbocycles. The van der Waals surface area contributed by atoms with Crippen molar-refractivity contribution in [2.45, 2.75) is 26.2 Å². The maximum atomic E-state index is 11.7. The van der Waals surface area contributed by atoms with E-state index < -0.39 is 0 Å². The Kier molecular flexibility index (Phi) is 2.62. The van der Waals surface area contributed by atoms with Crippen LogP contribution >= 0.6 is 0 Å². The van der Waals surface area contributed by atoms with Gasteiger partial charge in [-0.05, 0) is 11.3 Å². The topological polar surface area (TPSA) is 112 Å². The highest BCUT2D eigenvalue weighted by molar-refractivity contribution is 6.01. The van der Waals surface area contributed by atoms with Gasteiger partial charge in [0, 0.05) is 11.1 Å². The number of amides is 1. The zero-order valence-electron chi connectivity index (χ0n) is 9.77. The summed E-state index contributed by atoms with van der Waals surface area (Å²) in [6.07, 6.45) is 0. The van der Waals surface area contributed by atoms with Crippen molar-refractivity contribution >= 4 is 11.9 Å². The zero-order chi connectivity index (χ0) is 12.5. The molecule has 3 N–H and O–H groups in total. The van der Waals surface area contributed by atoms with Crippen LogP contribution in [0.2, 0.25) is 0 Å². The van der Waals surface area contributed by atoms with Crippen LogP contribution in [0, 0.1) is 0 Å². The average molecular weight is 235 g/mol. The van der Waals surface area contributed by atoms with Gasteiger partial charge in [0.15, 0.2) is 5.69 Å². The summed E-state index contributed by atoms with van der Waals surface area (Å²) < 4.78 is 0. The smallest absolute Gasteiger partial charge is 0.278 e. The second-order valence-electron chi connectivity index (χ2n) is 4.61. The molecule has 2 aromatic rings. The molecule has 90 valence electrons. The van der Waals surface area contributed by atoms with Crippen LogP contribution in [0.3, 0.4) is 0 Å². The van der Waals surface area contributed by atoms with Crippen molar-refractivity contribution in [2.75, 3.05) is 5.32 Å². The molecule has 2 heterocycles. The van der Waals surface area contributed by atoms with Crippen LogP contribution in [0.5, 0.6) is 0 Å². The van der Waals surface area contributed by atoms with E-state index in [2.05, 4.69) is 36.1 Å². The summed E-state index contributed by atoms with van der Waals surface area (Å²) in [5.41, 5.74) is 1.09. The fourth-order valence-corrected chi connectivity index (χ4v) is 1.20. The molecule has 0 aliphatic carbocycles. The lowest BCUT2D eigenvalue weighted by molar-refractivity contribution is 0.102. The van der Waals surface area contributed by atoms with E-state index >= 15 is 0 Å². The molecule has 8 nitrogen and oxygen atoms in total. The number of nitrogens with one attached hydrogen (secondary N) is 3. The predicted molar refractivity (Wildman–Crippen MR) is 59.4 cm³/mol. The van der Waals surface area contributed by atoms with E-state index in [0.29, 0.717) is 5.69 Å². The molecule has 0 unspecified atom stereocenters. The van der Waals surface area contributed by atoms with Crippen molar-refractivity contribution in [1.82, 2.24) is 30.8 Å². The third kappa shape index (κ3) is 2.47. The van der Waals surface area contributed by atoms with Gasteiger partial charge in [-0.3, -0.25) is 15.2 Å². The van der Waals surface area contributed by atoms with Crippen LogP contribution < -0.4 is 5.32 Å². The Labute approximate surface area is 97.2 Å². The lowest BCUT2D eigenvalue weighted by Crippen LogP contribution is -2.14. The van der Waals surface area contributed by atoms with Gasteiger partial charge in [-0.1, -0.05) is 25.9 Å². The summed E-state index contributed by atoms with van der Waals surface area (Å²) in [7, 11) is 0. The normalized spacial score (nSPS) is 11.5. The first-order chi connectivity index (χ1) is 7.97. The number of rotatable bonds is 2. The van der Waals surface area contributed by atoms with Gasteiger partial charge in [0.1, 0.15) is 0 Å². The number of carbonyl (C=O) groups excluding carboxylic acids is 1. The number of hydrogen-bond donors (Lipinski definition) is 3. The standard InChI is InChI=1S/C9H13N7O/c1-9(2,3)6-4-5(11-12-6)7(17)10-8-13-15-16-14-8/h4H,1-3H3,(H,11,12)(H2,10,13,14,15,16,17). The Morgan fingerprint density at radius 1 is 1.35 bits per heavy atom. The number of carbonyl (C=O) groups is 1. The van der Waals surface area contributed by atoms with E-state index in [1.165, 1.54) is 0 Å². The summed E-state index contributed by atoms with van der Waals surface area (Å²) in [6, 6.07) is 1.70. The highest BCUT2D eigenvalue weighted by Crippen LogP contribution is 2.20. The predicted octanol–water partition coefficient (Wildman–Crippen LogP) is 0.473. The number of nitrogens with zero attached hydrogens (tertiary/aromatic N) is 4. The largest absolute Gasteiger partial charge is 0.286 e. The third-order valence-corrected chi connectivity index (χ3v) is 2.19. The number of tetrazole rings is 1. The molecule has 0 radical (unpaired) electrons. The molecule has 0 bridgehead atoms. The van der Waals surface area contributed by atoms with Crippen LogP contribution in [0.4, 0.5) is 5.95 Å². The summed E-state index contributed by atoms with van der Waals surface area (Å²) in [5, 5.41) is 22.1. The SMILES string of the molecule is CC(C)(C)c1cc(C(=O)Nc2nn[nH]n2)n[nH]1. The zero-order valence-corrected chi connectivity index (χ0v) is 9.77. The van der Waals surface area contributed by atoms with Gasteiger partial charge in [-0.25, -0.2) is 0 Å². The number of anilines is 1. The molecule has 8 heteroatoms. The molecule has 0 atom stereocenters. The van der Waals surface area contributed by atoms with E-state index in [0.717, 1.165) is 5.69 Å². The maximum absolute atomic E-state index is 11.7. The Hall–Kier alpha value is -2.25. The summed E-state index contributed by atoms with van der Waals surface area (Å²) in [4.78, 5) is 11.7. The molecule has 0 spiro atoms. The molecule has 17 heavy (non-hydrogen) atoms. The van der Waals surface area contributed by atoms with E-state index in [9.17, 15) is 4.79 Å². The third-order valence-electron chi connectivity index (χ3n) is 2.19. The number of aromatic nitrogens is 6. The summed E-state index contributed by atoms with van der Waals surface area (Å²) in [6.45, 7) is 6.09. The molecular formula is C9H13N7O. The monoisotopic (exact) mass is 235 g/mol. The van der Waals surface area contributed by atoms with Crippen molar-refractivity contribution in [1.29, 1.82) is 0 Å².